The van der Waals surface area contributed by atoms with Crippen molar-refractivity contribution in [2.24, 2.45) is 4.40 Å². The van der Waals surface area contributed by atoms with Gasteiger partial charge in [0.25, 0.3) is 10.0 Å². The lowest BCUT2D eigenvalue weighted by molar-refractivity contribution is 0.590. The van der Waals surface area contributed by atoms with E-state index in [1.165, 1.54) is 12.4 Å². The molecular weight excluding hydrogens is 257 g/mol. The van der Waals surface area contributed by atoms with Crippen molar-refractivity contribution in [3.63, 3.8) is 0 Å². The van der Waals surface area contributed by atoms with Crippen LogP contribution in [0.3, 0.4) is 0 Å². The van der Waals surface area contributed by atoms with Gasteiger partial charge in [0.15, 0.2) is 0 Å². The third-order valence-corrected chi connectivity index (χ3v) is 4.23. The first-order chi connectivity index (χ1) is 8.53. The van der Waals surface area contributed by atoms with E-state index < -0.39 is 15.8 Å². The summed E-state index contributed by atoms with van der Waals surface area (Å²) in [6.07, 6.45) is 3.12. The molecule has 2 aliphatic rings. The van der Waals surface area contributed by atoms with Crippen LogP contribution in [0.5, 0.6) is 0 Å². The van der Waals surface area contributed by atoms with Crippen molar-refractivity contribution in [3.05, 3.63) is 23.5 Å². The van der Waals surface area contributed by atoms with Crippen molar-refractivity contribution in [1.29, 1.82) is 5.26 Å². The third kappa shape index (κ3) is 1.57. The minimum absolute atomic E-state index is 0.162. The van der Waals surface area contributed by atoms with Gasteiger partial charge in [-0.25, -0.2) is 4.39 Å². The van der Waals surface area contributed by atoms with Crippen molar-refractivity contribution < 1.29 is 12.8 Å². The summed E-state index contributed by atoms with van der Waals surface area (Å²) >= 11 is 0. The molecule has 0 bridgehead atoms. The van der Waals surface area contributed by atoms with Gasteiger partial charge in [-0.2, -0.15) is 13.7 Å². The highest BCUT2D eigenvalue weighted by Gasteiger charge is 2.35. The Balaban J connectivity index is 2.26. The second-order valence-electron chi connectivity index (χ2n) is 4.25. The van der Waals surface area contributed by atoms with Crippen LogP contribution in [-0.2, 0) is 10.0 Å². The van der Waals surface area contributed by atoms with Crippen LogP contribution in [0.15, 0.2) is 21.4 Å². The Morgan fingerprint density at radius 3 is 2.78 bits per heavy atom. The number of benzene rings is 1. The topological polar surface area (TPSA) is 73.5 Å². The van der Waals surface area contributed by atoms with Crippen LogP contribution < -0.4 is 4.90 Å². The highest BCUT2D eigenvalue weighted by Crippen LogP contribution is 2.38. The molecule has 1 fully saturated rings. The van der Waals surface area contributed by atoms with E-state index in [-0.39, 0.29) is 16.5 Å². The van der Waals surface area contributed by atoms with E-state index in [2.05, 4.69) is 4.40 Å². The number of sulfonamides is 1. The molecule has 1 aliphatic carbocycles. The lowest BCUT2D eigenvalue weighted by Crippen LogP contribution is -2.29. The summed E-state index contributed by atoms with van der Waals surface area (Å²) in [5, 5.41) is 8.80. The van der Waals surface area contributed by atoms with Crippen molar-refractivity contribution in [2.75, 3.05) is 4.90 Å². The molecule has 1 saturated carbocycles. The fourth-order valence-electron chi connectivity index (χ4n) is 1.91. The molecule has 1 aliphatic heterocycles. The van der Waals surface area contributed by atoms with E-state index in [4.69, 9.17) is 5.26 Å². The van der Waals surface area contributed by atoms with E-state index in [1.54, 1.807) is 11.0 Å². The number of hydrogen-bond donors (Lipinski definition) is 0. The van der Waals surface area contributed by atoms with Crippen LogP contribution >= 0.6 is 0 Å². The van der Waals surface area contributed by atoms with Crippen LogP contribution in [-0.4, -0.2) is 20.8 Å². The number of halogens is 1. The Bertz CT molecular complexity index is 702. The van der Waals surface area contributed by atoms with Crippen molar-refractivity contribution >= 4 is 22.0 Å². The molecule has 92 valence electrons. The third-order valence-electron chi connectivity index (χ3n) is 2.98. The largest absolute Gasteiger partial charge is 0.327 e. The summed E-state index contributed by atoms with van der Waals surface area (Å²) in [5.74, 6) is -0.840. The molecule has 0 saturated heterocycles. The molecule has 0 amide bonds. The minimum atomic E-state index is -3.85. The van der Waals surface area contributed by atoms with Gasteiger partial charge < -0.3 is 4.90 Å². The van der Waals surface area contributed by atoms with Crippen molar-refractivity contribution in [1.82, 2.24) is 0 Å². The van der Waals surface area contributed by atoms with Crippen LogP contribution in [0.1, 0.15) is 18.4 Å². The normalized spacial score (nSPS) is 20.3. The fourth-order valence-corrected chi connectivity index (χ4v) is 2.93. The number of nitriles is 1. The predicted molar refractivity (Wildman–Crippen MR) is 62.3 cm³/mol. The SMILES string of the molecule is N#Cc1cc2c(cc1F)S(=O)(=O)N=CN2C1CC1. The summed E-state index contributed by atoms with van der Waals surface area (Å²) in [6.45, 7) is 0. The summed E-state index contributed by atoms with van der Waals surface area (Å²) in [5.41, 5.74) is 0.176. The first-order valence-electron chi connectivity index (χ1n) is 5.35. The molecule has 5 nitrogen and oxygen atoms in total. The Morgan fingerprint density at radius 2 is 2.17 bits per heavy atom. The summed E-state index contributed by atoms with van der Waals surface area (Å²) in [6, 6.07) is 4.05. The number of anilines is 1. The molecule has 3 rings (SSSR count). The molecule has 1 aromatic rings. The maximum atomic E-state index is 13.5. The standard InChI is InChI=1S/C11H8FN3O2S/c12-9-4-11-10(3-7(9)5-13)15(8-1-2-8)6-14-18(11,16)17/h3-4,6,8H,1-2H2. The first-order valence-corrected chi connectivity index (χ1v) is 6.79. The van der Waals surface area contributed by atoms with E-state index >= 15 is 0 Å². The Labute approximate surface area is 103 Å². The lowest BCUT2D eigenvalue weighted by Gasteiger charge is -2.25. The molecule has 0 N–H and O–H groups in total. The summed E-state index contributed by atoms with van der Waals surface area (Å²) in [4.78, 5) is 1.52. The second kappa shape index (κ2) is 3.53. The molecule has 7 heteroatoms. The molecule has 1 heterocycles. The number of fused-ring (bicyclic) bond motifs is 1. The highest BCUT2D eigenvalue weighted by molar-refractivity contribution is 7.90. The fraction of sp³-hybridized carbons (Fsp3) is 0.273. The zero-order valence-electron chi connectivity index (χ0n) is 9.17. The van der Waals surface area contributed by atoms with Gasteiger partial charge in [0.2, 0.25) is 0 Å². The zero-order valence-corrected chi connectivity index (χ0v) is 9.98. The van der Waals surface area contributed by atoms with E-state index in [9.17, 15) is 12.8 Å². The van der Waals surface area contributed by atoms with E-state index in [0.717, 1.165) is 18.9 Å². The molecule has 0 atom stereocenters. The predicted octanol–water partition coefficient (Wildman–Crippen LogP) is 1.40. The Kier molecular flexibility index (Phi) is 2.19. The van der Waals surface area contributed by atoms with Gasteiger partial charge in [-0.15, -0.1) is 4.40 Å². The van der Waals surface area contributed by atoms with Gasteiger partial charge in [-0.05, 0) is 25.0 Å². The van der Waals surface area contributed by atoms with Crippen molar-refractivity contribution in [3.8, 4) is 6.07 Å². The smallest absolute Gasteiger partial charge is 0.285 e. The quantitative estimate of drug-likeness (QED) is 0.769. The van der Waals surface area contributed by atoms with Gasteiger partial charge >= 0.3 is 0 Å². The van der Waals surface area contributed by atoms with Crippen LogP contribution in [0.2, 0.25) is 0 Å². The Hall–Kier alpha value is -1.94. The van der Waals surface area contributed by atoms with Gasteiger partial charge in [0.05, 0.1) is 11.3 Å². The van der Waals surface area contributed by atoms with Crippen molar-refractivity contribution in [2.45, 2.75) is 23.8 Å². The number of hydrogen-bond acceptors (Lipinski definition) is 4. The molecule has 0 aromatic heterocycles. The molecule has 0 radical (unpaired) electrons. The van der Waals surface area contributed by atoms with Gasteiger partial charge in [-0.3, -0.25) is 0 Å². The van der Waals surface area contributed by atoms with E-state index in [0.29, 0.717) is 5.69 Å². The minimum Gasteiger partial charge on any atom is -0.327 e. The summed E-state index contributed by atoms with van der Waals surface area (Å²) in [7, 11) is -3.85. The number of nitrogens with zero attached hydrogens (tertiary/aromatic N) is 3. The van der Waals surface area contributed by atoms with Gasteiger partial charge in [0.1, 0.15) is 23.1 Å². The molecule has 18 heavy (non-hydrogen) atoms. The van der Waals surface area contributed by atoms with Crippen LogP contribution in [0, 0.1) is 17.1 Å². The number of rotatable bonds is 1. The van der Waals surface area contributed by atoms with Crippen LogP contribution in [0.4, 0.5) is 10.1 Å². The maximum Gasteiger partial charge on any atom is 0.285 e. The van der Waals surface area contributed by atoms with Gasteiger partial charge in [-0.1, -0.05) is 0 Å². The van der Waals surface area contributed by atoms with E-state index in [1.807, 2.05) is 0 Å². The monoisotopic (exact) mass is 265 g/mol. The van der Waals surface area contributed by atoms with Crippen LogP contribution in [0.25, 0.3) is 0 Å². The first kappa shape index (κ1) is 11.2. The van der Waals surface area contributed by atoms with Gasteiger partial charge in [0, 0.05) is 6.04 Å². The maximum absolute atomic E-state index is 13.5. The Morgan fingerprint density at radius 1 is 1.44 bits per heavy atom. The zero-order chi connectivity index (χ0) is 12.9. The highest BCUT2D eigenvalue weighted by atomic mass is 32.2. The molecule has 1 aromatic carbocycles. The molecule has 0 unspecified atom stereocenters. The average Bonchev–Trinajstić information content (AvgIpc) is 3.13. The second-order valence-corrected chi connectivity index (χ2v) is 5.85. The molecular formula is C11H8FN3O2S. The lowest BCUT2D eigenvalue weighted by atomic mass is 10.2. The summed E-state index contributed by atoms with van der Waals surface area (Å²) < 4.78 is 40.5. The molecule has 0 spiro atoms. The average molecular weight is 265 g/mol.